The number of ether oxygens (including phenoxy) is 1. The van der Waals surface area contributed by atoms with Crippen molar-refractivity contribution in [3.05, 3.63) is 40.1 Å². The van der Waals surface area contributed by atoms with E-state index in [0.29, 0.717) is 33.2 Å². The van der Waals surface area contributed by atoms with E-state index in [1.54, 1.807) is 31.4 Å². The Kier molecular flexibility index (Phi) is 4.42. The predicted molar refractivity (Wildman–Crippen MR) is 76.9 cm³/mol. The summed E-state index contributed by atoms with van der Waals surface area (Å²) in [6.07, 6.45) is 0. The number of rotatable bonds is 4. The van der Waals surface area contributed by atoms with Crippen LogP contribution in [0.25, 0.3) is 0 Å². The Bertz CT molecular complexity index is 592. The molecule has 0 saturated carbocycles. The number of hydrogen-bond acceptors (Lipinski definition) is 5. The first-order valence-electron chi connectivity index (χ1n) is 5.43. The van der Waals surface area contributed by atoms with Gasteiger partial charge in [-0.05, 0) is 12.1 Å². The summed E-state index contributed by atoms with van der Waals surface area (Å²) in [6.45, 7) is 0.281. The van der Waals surface area contributed by atoms with Crippen LogP contribution in [0.15, 0.2) is 24.3 Å². The van der Waals surface area contributed by atoms with Crippen LogP contribution in [-0.2, 0) is 11.3 Å². The number of halogens is 2. The van der Waals surface area contributed by atoms with E-state index in [2.05, 4.69) is 15.3 Å². The van der Waals surface area contributed by atoms with Crippen molar-refractivity contribution in [2.75, 3.05) is 18.2 Å². The summed E-state index contributed by atoms with van der Waals surface area (Å²) in [7, 11) is 1.56. The minimum atomic E-state index is 0.281. The van der Waals surface area contributed by atoms with E-state index in [-0.39, 0.29) is 6.61 Å². The third-order valence-electron chi connectivity index (χ3n) is 2.28. The van der Waals surface area contributed by atoms with Crippen molar-refractivity contribution in [2.45, 2.75) is 6.61 Å². The summed E-state index contributed by atoms with van der Waals surface area (Å²) in [5.41, 5.74) is 6.35. The summed E-state index contributed by atoms with van der Waals surface area (Å²) >= 11 is 12.0. The minimum Gasteiger partial charge on any atom is -0.384 e. The Balaban J connectivity index is 2.30. The van der Waals surface area contributed by atoms with Gasteiger partial charge in [-0.3, -0.25) is 0 Å². The number of benzene rings is 1. The molecule has 0 aliphatic rings. The molecule has 1 aromatic carbocycles. The van der Waals surface area contributed by atoms with Crippen molar-refractivity contribution in [3.63, 3.8) is 0 Å². The van der Waals surface area contributed by atoms with Gasteiger partial charge in [-0.15, -0.1) is 0 Å². The van der Waals surface area contributed by atoms with Crippen LogP contribution in [0.4, 0.5) is 17.3 Å². The monoisotopic (exact) mass is 298 g/mol. The number of nitrogens with two attached hydrogens (primary N) is 1. The van der Waals surface area contributed by atoms with Gasteiger partial charge in [0.05, 0.1) is 15.7 Å². The van der Waals surface area contributed by atoms with E-state index in [4.69, 9.17) is 33.7 Å². The second-order valence-corrected chi connectivity index (χ2v) is 4.54. The van der Waals surface area contributed by atoms with Gasteiger partial charge in [-0.1, -0.05) is 29.3 Å². The smallest absolute Gasteiger partial charge is 0.158 e. The fourth-order valence-electron chi connectivity index (χ4n) is 1.51. The molecule has 0 atom stereocenters. The van der Waals surface area contributed by atoms with Crippen LogP contribution in [0.1, 0.15) is 5.82 Å². The first-order chi connectivity index (χ1) is 9.10. The maximum absolute atomic E-state index is 6.09. The fourth-order valence-corrected chi connectivity index (χ4v) is 1.86. The van der Waals surface area contributed by atoms with Gasteiger partial charge in [0.1, 0.15) is 18.2 Å². The molecule has 1 heterocycles. The maximum atomic E-state index is 6.09. The fraction of sp³-hybridized carbons (Fsp3) is 0.167. The topological polar surface area (TPSA) is 73.1 Å². The van der Waals surface area contributed by atoms with Gasteiger partial charge in [0, 0.05) is 13.2 Å². The molecule has 0 amide bonds. The molecule has 0 aliphatic carbocycles. The van der Waals surface area contributed by atoms with E-state index in [1.807, 2.05) is 0 Å². The number of nitrogen functional groups attached to an aromatic ring is 1. The lowest BCUT2D eigenvalue weighted by molar-refractivity contribution is 0.178. The minimum absolute atomic E-state index is 0.281. The van der Waals surface area contributed by atoms with Crippen LogP contribution in [0.2, 0.25) is 10.0 Å². The zero-order valence-corrected chi connectivity index (χ0v) is 11.7. The molecular weight excluding hydrogens is 287 g/mol. The highest BCUT2D eigenvalue weighted by Crippen LogP contribution is 2.31. The average Bonchev–Trinajstić information content (AvgIpc) is 2.35. The molecule has 0 fully saturated rings. The van der Waals surface area contributed by atoms with Crippen molar-refractivity contribution in [1.29, 1.82) is 0 Å². The Hall–Kier alpha value is -1.56. The van der Waals surface area contributed by atoms with Crippen LogP contribution in [-0.4, -0.2) is 17.1 Å². The second kappa shape index (κ2) is 6.06. The highest BCUT2D eigenvalue weighted by Gasteiger charge is 2.07. The molecule has 0 radical (unpaired) electrons. The zero-order valence-electron chi connectivity index (χ0n) is 10.2. The Morgan fingerprint density at radius 3 is 2.84 bits per heavy atom. The lowest BCUT2D eigenvalue weighted by atomic mass is 10.3. The second-order valence-electron chi connectivity index (χ2n) is 3.75. The molecule has 0 saturated heterocycles. The van der Waals surface area contributed by atoms with E-state index < -0.39 is 0 Å². The van der Waals surface area contributed by atoms with Crippen LogP contribution in [0, 0.1) is 0 Å². The van der Waals surface area contributed by atoms with Crippen molar-refractivity contribution in [3.8, 4) is 0 Å². The lowest BCUT2D eigenvalue weighted by Gasteiger charge is -2.10. The van der Waals surface area contributed by atoms with Gasteiger partial charge in [0.2, 0.25) is 0 Å². The average molecular weight is 299 g/mol. The SMILES string of the molecule is COCc1nc(N)cc(Nc2cccc(Cl)c2Cl)n1. The Labute approximate surface area is 120 Å². The van der Waals surface area contributed by atoms with Crippen molar-refractivity contribution in [1.82, 2.24) is 9.97 Å². The van der Waals surface area contributed by atoms with Crippen LogP contribution in [0.3, 0.4) is 0 Å². The zero-order chi connectivity index (χ0) is 13.8. The predicted octanol–water partition coefficient (Wildman–Crippen LogP) is 3.26. The summed E-state index contributed by atoms with van der Waals surface area (Å²) in [4.78, 5) is 8.31. The first-order valence-corrected chi connectivity index (χ1v) is 6.19. The summed E-state index contributed by atoms with van der Waals surface area (Å²) in [5, 5.41) is 3.94. The largest absolute Gasteiger partial charge is 0.384 e. The standard InChI is InChI=1S/C12H12Cl2N4O/c1-19-6-11-17-9(15)5-10(18-11)16-8-4-2-3-7(13)12(8)14/h2-5H,6H2,1H3,(H3,15,16,17,18). The molecule has 5 nitrogen and oxygen atoms in total. The van der Waals surface area contributed by atoms with Crippen molar-refractivity contribution < 1.29 is 4.74 Å². The van der Waals surface area contributed by atoms with Gasteiger partial charge in [0.25, 0.3) is 0 Å². The van der Waals surface area contributed by atoms with E-state index in [0.717, 1.165) is 0 Å². The quantitative estimate of drug-likeness (QED) is 0.906. The number of aromatic nitrogens is 2. The number of nitrogens with one attached hydrogen (secondary N) is 1. The molecule has 1 aromatic heterocycles. The molecule has 100 valence electrons. The molecule has 19 heavy (non-hydrogen) atoms. The molecule has 3 N–H and O–H groups in total. The Morgan fingerprint density at radius 1 is 1.32 bits per heavy atom. The Morgan fingerprint density at radius 2 is 2.11 bits per heavy atom. The molecule has 0 aliphatic heterocycles. The van der Waals surface area contributed by atoms with E-state index >= 15 is 0 Å². The van der Waals surface area contributed by atoms with Crippen molar-refractivity contribution in [2.24, 2.45) is 0 Å². The highest BCUT2D eigenvalue weighted by molar-refractivity contribution is 6.43. The van der Waals surface area contributed by atoms with Crippen LogP contribution in [0.5, 0.6) is 0 Å². The molecule has 2 aromatic rings. The van der Waals surface area contributed by atoms with Crippen molar-refractivity contribution >= 4 is 40.5 Å². The number of methoxy groups -OCH3 is 1. The lowest BCUT2D eigenvalue weighted by Crippen LogP contribution is -2.04. The molecular formula is C12H12Cl2N4O. The normalized spacial score (nSPS) is 10.5. The van der Waals surface area contributed by atoms with E-state index in [1.165, 1.54) is 0 Å². The van der Waals surface area contributed by atoms with Gasteiger partial charge in [-0.2, -0.15) is 0 Å². The molecule has 0 spiro atoms. The molecule has 0 bridgehead atoms. The first kappa shape index (κ1) is 13.9. The number of hydrogen-bond donors (Lipinski definition) is 2. The highest BCUT2D eigenvalue weighted by atomic mass is 35.5. The molecule has 0 unspecified atom stereocenters. The molecule has 7 heteroatoms. The van der Waals surface area contributed by atoms with E-state index in [9.17, 15) is 0 Å². The summed E-state index contributed by atoms with van der Waals surface area (Å²) in [6, 6.07) is 6.90. The summed E-state index contributed by atoms with van der Waals surface area (Å²) < 4.78 is 4.98. The van der Waals surface area contributed by atoms with Gasteiger partial charge < -0.3 is 15.8 Å². The van der Waals surface area contributed by atoms with Crippen LogP contribution >= 0.6 is 23.2 Å². The summed E-state index contributed by atoms with van der Waals surface area (Å²) in [5.74, 6) is 1.37. The third-order valence-corrected chi connectivity index (χ3v) is 3.10. The molecule has 2 rings (SSSR count). The number of nitrogens with zero attached hydrogens (tertiary/aromatic N) is 2. The van der Waals surface area contributed by atoms with Gasteiger partial charge in [-0.25, -0.2) is 9.97 Å². The maximum Gasteiger partial charge on any atom is 0.158 e. The van der Waals surface area contributed by atoms with Gasteiger partial charge >= 0.3 is 0 Å². The third kappa shape index (κ3) is 3.47. The van der Waals surface area contributed by atoms with Crippen LogP contribution < -0.4 is 11.1 Å². The van der Waals surface area contributed by atoms with Gasteiger partial charge in [0.15, 0.2) is 5.82 Å². The number of anilines is 3.